The van der Waals surface area contributed by atoms with Crippen LogP contribution in [0.25, 0.3) is 0 Å². The van der Waals surface area contributed by atoms with Gasteiger partial charge in [-0.15, -0.1) is 24.0 Å². The summed E-state index contributed by atoms with van der Waals surface area (Å²) in [6.07, 6.45) is 0. The van der Waals surface area contributed by atoms with E-state index in [4.69, 9.17) is 14.5 Å². The smallest absolute Gasteiger partial charge is 0.194 e. The summed E-state index contributed by atoms with van der Waals surface area (Å²) in [5.74, 6) is 1.83. The van der Waals surface area contributed by atoms with Gasteiger partial charge in [-0.05, 0) is 24.6 Å². The second kappa shape index (κ2) is 12.3. The summed E-state index contributed by atoms with van der Waals surface area (Å²) in [4.78, 5) is 9.32. The summed E-state index contributed by atoms with van der Waals surface area (Å²) in [6.45, 7) is 9.24. The molecule has 0 aromatic heterocycles. The van der Waals surface area contributed by atoms with Crippen LogP contribution in [0.5, 0.6) is 5.75 Å². The average molecular weight is 462 g/mol. The molecule has 1 N–H and O–H groups in total. The van der Waals surface area contributed by atoms with E-state index in [1.54, 1.807) is 7.11 Å². The summed E-state index contributed by atoms with van der Waals surface area (Å²) >= 11 is 0. The molecule has 1 aromatic rings. The van der Waals surface area contributed by atoms with Crippen molar-refractivity contribution in [1.29, 1.82) is 0 Å². The van der Waals surface area contributed by atoms with E-state index in [-0.39, 0.29) is 24.0 Å². The topological polar surface area (TPSA) is 49.3 Å². The van der Waals surface area contributed by atoms with Crippen LogP contribution in [0.2, 0.25) is 0 Å². The summed E-state index contributed by atoms with van der Waals surface area (Å²) in [6, 6.07) is 8.16. The van der Waals surface area contributed by atoms with E-state index in [1.807, 2.05) is 12.1 Å². The molecule has 1 saturated heterocycles. The number of hydrogen-bond donors (Lipinski definition) is 1. The molecule has 2 rings (SSSR count). The Hall–Kier alpha value is -1.06. The number of methoxy groups -OCH3 is 1. The lowest BCUT2D eigenvalue weighted by Gasteiger charge is -2.26. The Morgan fingerprint density at radius 1 is 1.28 bits per heavy atom. The van der Waals surface area contributed by atoms with Crippen molar-refractivity contribution in [3.8, 4) is 5.75 Å². The fraction of sp³-hybridized carbons (Fsp3) is 0.611. The standard InChI is InChI=1S/C18H30N4O2.HI/c1-4-19-18(20-9-10-22-11-13-24-14-12-22)21(2)15-16-5-7-17(23-3)8-6-16;/h5-8H,4,9-15H2,1-3H3,(H,19,20);1H. The molecule has 1 aliphatic heterocycles. The molecule has 7 heteroatoms. The molecule has 1 heterocycles. The molecule has 1 aliphatic rings. The zero-order valence-electron chi connectivity index (χ0n) is 15.5. The highest BCUT2D eigenvalue weighted by atomic mass is 127. The van der Waals surface area contributed by atoms with E-state index in [9.17, 15) is 0 Å². The van der Waals surface area contributed by atoms with Gasteiger partial charge < -0.3 is 19.7 Å². The van der Waals surface area contributed by atoms with Crippen LogP contribution in [0.3, 0.4) is 0 Å². The molecule has 25 heavy (non-hydrogen) atoms. The van der Waals surface area contributed by atoms with Gasteiger partial charge in [0.2, 0.25) is 0 Å². The summed E-state index contributed by atoms with van der Waals surface area (Å²) in [7, 11) is 3.76. The largest absolute Gasteiger partial charge is 0.497 e. The molecule has 1 aromatic carbocycles. The summed E-state index contributed by atoms with van der Waals surface area (Å²) in [5, 5.41) is 3.37. The molecule has 142 valence electrons. The highest BCUT2D eigenvalue weighted by Gasteiger charge is 2.10. The Morgan fingerprint density at radius 2 is 1.96 bits per heavy atom. The molecular weight excluding hydrogens is 431 g/mol. The lowest BCUT2D eigenvalue weighted by Crippen LogP contribution is -2.40. The number of nitrogens with zero attached hydrogens (tertiary/aromatic N) is 3. The van der Waals surface area contributed by atoms with Gasteiger partial charge in [0.05, 0.1) is 26.9 Å². The van der Waals surface area contributed by atoms with Crippen molar-refractivity contribution in [3.05, 3.63) is 29.8 Å². The number of guanidine groups is 1. The maximum Gasteiger partial charge on any atom is 0.194 e. The lowest BCUT2D eigenvalue weighted by molar-refractivity contribution is 0.0394. The Balaban J connectivity index is 0.00000312. The van der Waals surface area contributed by atoms with Crippen molar-refractivity contribution in [2.24, 2.45) is 4.99 Å². The van der Waals surface area contributed by atoms with Crippen LogP contribution in [0.15, 0.2) is 29.3 Å². The van der Waals surface area contributed by atoms with Crippen LogP contribution in [0, 0.1) is 0 Å². The second-order valence-electron chi connectivity index (χ2n) is 5.89. The third kappa shape index (κ3) is 7.79. The van der Waals surface area contributed by atoms with Crippen molar-refractivity contribution in [3.63, 3.8) is 0 Å². The molecule has 0 unspecified atom stereocenters. The van der Waals surface area contributed by atoms with E-state index in [0.29, 0.717) is 0 Å². The van der Waals surface area contributed by atoms with Gasteiger partial charge in [-0.25, -0.2) is 0 Å². The van der Waals surface area contributed by atoms with Crippen molar-refractivity contribution >= 4 is 29.9 Å². The third-order valence-electron chi connectivity index (χ3n) is 4.06. The van der Waals surface area contributed by atoms with E-state index < -0.39 is 0 Å². The van der Waals surface area contributed by atoms with Gasteiger partial charge in [-0.3, -0.25) is 9.89 Å². The van der Waals surface area contributed by atoms with E-state index >= 15 is 0 Å². The predicted molar refractivity (Wildman–Crippen MR) is 113 cm³/mol. The molecule has 1 fully saturated rings. The van der Waals surface area contributed by atoms with E-state index in [1.165, 1.54) is 5.56 Å². The van der Waals surface area contributed by atoms with Gasteiger partial charge in [0, 0.05) is 39.8 Å². The monoisotopic (exact) mass is 462 g/mol. The number of benzene rings is 1. The SMILES string of the molecule is CCNC(=NCCN1CCOCC1)N(C)Cc1ccc(OC)cc1.I. The van der Waals surface area contributed by atoms with Crippen LogP contribution < -0.4 is 10.1 Å². The highest BCUT2D eigenvalue weighted by Crippen LogP contribution is 2.12. The first-order chi connectivity index (χ1) is 11.7. The van der Waals surface area contributed by atoms with Crippen LogP contribution >= 0.6 is 24.0 Å². The normalized spacial score (nSPS) is 15.4. The maximum atomic E-state index is 5.38. The van der Waals surface area contributed by atoms with Gasteiger partial charge in [0.25, 0.3) is 0 Å². The van der Waals surface area contributed by atoms with Gasteiger partial charge in [0.15, 0.2) is 5.96 Å². The lowest BCUT2D eigenvalue weighted by atomic mass is 10.2. The molecule has 0 amide bonds. The molecule has 0 atom stereocenters. The van der Waals surface area contributed by atoms with Crippen LogP contribution in [-0.2, 0) is 11.3 Å². The first-order valence-corrected chi connectivity index (χ1v) is 8.65. The molecule has 0 radical (unpaired) electrons. The Bertz CT molecular complexity index is 504. The molecule has 0 spiro atoms. The number of morpholine rings is 1. The van der Waals surface area contributed by atoms with E-state index in [0.717, 1.165) is 64.2 Å². The minimum atomic E-state index is 0. The zero-order valence-corrected chi connectivity index (χ0v) is 17.9. The van der Waals surface area contributed by atoms with Crippen molar-refractivity contribution in [2.45, 2.75) is 13.5 Å². The number of hydrogen-bond acceptors (Lipinski definition) is 4. The van der Waals surface area contributed by atoms with Gasteiger partial charge >= 0.3 is 0 Å². The first kappa shape index (κ1) is 22.0. The Labute approximate surface area is 168 Å². The number of ether oxygens (including phenoxy) is 2. The number of aliphatic imine (C=N–C) groups is 1. The molecule has 0 bridgehead atoms. The summed E-state index contributed by atoms with van der Waals surface area (Å²) in [5.41, 5.74) is 1.23. The van der Waals surface area contributed by atoms with E-state index in [2.05, 4.69) is 41.2 Å². The second-order valence-corrected chi connectivity index (χ2v) is 5.89. The van der Waals surface area contributed by atoms with Crippen LogP contribution in [0.1, 0.15) is 12.5 Å². The molecule has 0 saturated carbocycles. The van der Waals surface area contributed by atoms with Crippen LogP contribution in [0.4, 0.5) is 0 Å². The Morgan fingerprint density at radius 3 is 2.56 bits per heavy atom. The van der Waals surface area contributed by atoms with Gasteiger partial charge in [-0.2, -0.15) is 0 Å². The number of halogens is 1. The molecular formula is C18H31IN4O2. The maximum absolute atomic E-state index is 5.38. The van der Waals surface area contributed by atoms with Gasteiger partial charge in [0.1, 0.15) is 5.75 Å². The average Bonchev–Trinajstić information content (AvgIpc) is 2.62. The van der Waals surface area contributed by atoms with Gasteiger partial charge in [-0.1, -0.05) is 12.1 Å². The molecule has 0 aliphatic carbocycles. The quantitative estimate of drug-likeness (QED) is 0.382. The van der Waals surface area contributed by atoms with Crippen molar-refractivity contribution < 1.29 is 9.47 Å². The fourth-order valence-electron chi connectivity index (χ4n) is 2.67. The third-order valence-corrected chi connectivity index (χ3v) is 4.06. The minimum Gasteiger partial charge on any atom is -0.497 e. The van der Waals surface area contributed by atoms with Crippen molar-refractivity contribution in [1.82, 2.24) is 15.1 Å². The zero-order chi connectivity index (χ0) is 17.2. The minimum absolute atomic E-state index is 0. The molecule has 6 nitrogen and oxygen atoms in total. The number of rotatable bonds is 7. The fourth-order valence-corrected chi connectivity index (χ4v) is 2.67. The summed E-state index contributed by atoms with van der Waals surface area (Å²) < 4.78 is 10.6. The first-order valence-electron chi connectivity index (χ1n) is 8.65. The van der Waals surface area contributed by atoms with Crippen molar-refractivity contribution in [2.75, 3.05) is 60.1 Å². The number of nitrogens with one attached hydrogen (secondary N) is 1. The predicted octanol–water partition coefficient (Wildman–Crippen LogP) is 2.04. The Kier molecular flexibility index (Phi) is 10.8. The van der Waals surface area contributed by atoms with Crippen LogP contribution in [-0.4, -0.2) is 75.9 Å². The highest BCUT2D eigenvalue weighted by molar-refractivity contribution is 14.0.